The van der Waals surface area contributed by atoms with Crippen molar-refractivity contribution in [2.45, 2.75) is 13.3 Å². The molecule has 0 aliphatic carbocycles. The Morgan fingerprint density at radius 2 is 1.80 bits per heavy atom. The van der Waals surface area contributed by atoms with Crippen molar-refractivity contribution in [1.82, 2.24) is 25.6 Å². The molecule has 0 spiro atoms. The fourth-order valence-corrected chi connectivity index (χ4v) is 4.11. The number of carbonyl (C=O) groups is 2. The van der Waals surface area contributed by atoms with Crippen LogP contribution in [0.2, 0.25) is 0 Å². The van der Waals surface area contributed by atoms with E-state index in [0.717, 1.165) is 21.0 Å². The molecule has 0 radical (unpaired) electrons. The topological polar surface area (TPSA) is 128 Å². The van der Waals surface area contributed by atoms with E-state index >= 15 is 0 Å². The molecule has 9 nitrogen and oxygen atoms in total. The lowest BCUT2D eigenvalue weighted by molar-refractivity contribution is -0.115. The van der Waals surface area contributed by atoms with Crippen LogP contribution in [0.25, 0.3) is 22.3 Å². The molecule has 4 N–H and O–H groups in total. The molecule has 10 heteroatoms. The van der Waals surface area contributed by atoms with E-state index in [1.54, 1.807) is 24.3 Å². The second-order valence-corrected chi connectivity index (χ2v) is 8.96. The number of nitrogens with one attached hydrogen (secondary N) is 4. The Kier molecular flexibility index (Phi) is 6.11. The highest BCUT2D eigenvalue weighted by Gasteiger charge is 2.17. The molecule has 0 saturated heterocycles. The van der Waals surface area contributed by atoms with Crippen molar-refractivity contribution in [2.75, 3.05) is 10.6 Å². The summed E-state index contributed by atoms with van der Waals surface area (Å²) < 4.78 is 0.812. The highest BCUT2D eigenvalue weighted by Crippen LogP contribution is 2.29. The molecule has 5 aromatic rings. The Balaban J connectivity index is 1.37. The van der Waals surface area contributed by atoms with Gasteiger partial charge in [-0.2, -0.15) is 5.21 Å². The van der Waals surface area contributed by atoms with Crippen LogP contribution in [0, 0.1) is 6.92 Å². The number of benzene rings is 3. The van der Waals surface area contributed by atoms with Gasteiger partial charge in [0.1, 0.15) is 5.69 Å². The van der Waals surface area contributed by atoms with Gasteiger partial charge in [0.2, 0.25) is 11.7 Å². The monoisotopic (exact) mass is 529 g/mol. The van der Waals surface area contributed by atoms with Gasteiger partial charge in [-0.05, 0) is 48.0 Å². The minimum atomic E-state index is -0.342. The van der Waals surface area contributed by atoms with E-state index in [4.69, 9.17) is 0 Å². The lowest BCUT2D eigenvalue weighted by atomic mass is 10.1. The number of nitrogens with zero attached hydrogens (tertiary/aromatic N) is 3. The maximum absolute atomic E-state index is 13.1. The van der Waals surface area contributed by atoms with E-state index in [1.165, 1.54) is 0 Å². The maximum atomic E-state index is 13.1. The molecular formula is C25H20BrN7O2. The van der Waals surface area contributed by atoms with Crippen LogP contribution in [0.1, 0.15) is 21.6 Å². The van der Waals surface area contributed by atoms with E-state index in [0.29, 0.717) is 34.0 Å². The smallest absolute Gasteiger partial charge is 0.272 e. The predicted octanol–water partition coefficient (Wildman–Crippen LogP) is 4.85. The summed E-state index contributed by atoms with van der Waals surface area (Å²) in [6.07, 6.45) is 0.257. The molecule has 3 aromatic carbocycles. The van der Waals surface area contributed by atoms with Crippen LogP contribution >= 0.6 is 15.9 Å². The van der Waals surface area contributed by atoms with Crippen molar-refractivity contribution in [3.05, 3.63) is 88.0 Å². The van der Waals surface area contributed by atoms with Crippen molar-refractivity contribution < 1.29 is 9.59 Å². The number of H-pyrrole nitrogens is 2. The normalized spacial score (nSPS) is 10.9. The molecule has 0 atom stereocenters. The van der Waals surface area contributed by atoms with E-state index in [-0.39, 0.29) is 18.2 Å². The standard InChI is InChI=1S/C25H20BrN7O2/c1-14-5-7-15(8-6-14)11-22(34)27-20-4-2-3-16-12-21(28-23(16)20)25(35)29-19-10-9-17(26)13-18(19)24-30-32-33-31-24/h2-10,12-13,28H,11H2,1H3,(H,27,34)(H,29,35)(H,30,31,32,33). The van der Waals surface area contributed by atoms with Crippen LogP contribution < -0.4 is 10.6 Å². The zero-order valence-electron chi connectivity index (χ0n) is 18.6. The first-order valence-corrected chi connectivity index (χ1v) is 11.6. The molecule has 0 saturated carbocycles. The van der Waals surface area contributed by atoms with Crippen molar-refractivity contribution in [2.24, 2.45) is 0 Å². The second kappa shape index (κ2) is 9.51. The number of para-hydroxylation sites is 1. The second-order valence-electron chi connectivity index (χ2n) is 8.04. The lowest BCUT2D eigenvalue weighted by Gasteiger charge is -2.09. The van der Waals surface area contributed by atoms with Crippen molar-refractivity contribution in [3.8, 4) is 11.4 Å². The van der Waals surface area contributed by atoms with Gasteiger partial charge in [0, 0.05) is 15.4 Å². The van der Waals surface area contributed by atoms with E-state index < -0.39 is 0 Å². The molecule has 0 bridgehead atoms. The summed E-state index contributed by atoms with van der Waals surface area (Å²) in [5.41, 5.74) is 4.84. The first kappa shape index (κ1) is 22.5. The number of fused-ring (bicyclic) bond motifs is 1. The number of aromatic nitrogens is 5. The van der Waals surface area contributed by atoms with Gasteiger partial charge in [-0.25, -0.2) is 0 Å². The highest BCUT2D eigenvalue weighted by atomic mass is 79.9. The zero-order valence-corrected chi connectivity index (χ0v) is 20.2. The van der Waals surface area contributed by atoms with Crippen molar-refractivity contribution >= 4 is 50.0 Å². The number of halogens is 1. The number of amides is 2. The van der Waals surface area contributed by atoms with Crippen LogP contribution in [-0.4, -0.2) is 37.4 Å². The summed E-state index contributed by atoms with van der Waals surface area (Å²) in [7, 11) is 0. The van der Waals surface area contributed by atoms with Gasteiger partial charge in [-0.15, -0.1) is 10.2 Å². The van der Waals surface area contributed by atoms with Gasteiger partial charge in [0.25, 0.3) is 5.91 Å². The van der Waals surface area contributed by atoms with Crippen LogP contribution in [0.3, 0.4) is 0 Å². The van der Waals surface area contributed by atoms with Crippen LogP contribution in [-0.2, 0) is 11.2 Å². The molecular weight excluding hydrogens is 510 g/mol. The predicted molar refractivity (Wildman–Crippen MR) is 137 cm³/mol. The molecule has 174 valence electrons. The molecule has 2 heterocycles. The largest absolute Gasteiger partial charge is 0.349 e. The van der Waals surface area contributed by atoms with Crippen LogP contribution in [0.5, 0.6) is 0 Å². The van der Waals surface area contributed by atoms with Gasteiger partial charge in [0.05, 0.1) is 23.3 Å². The Hall–Kier alpha value is -4.31. The molecule has 5 rings (SSSR count). The number of aromatic amines is 2. The highest BCUT2D eigenvalue weighted by molar-refractivity contribution is 9.10. The first-order valence-electron chi connectivity index (χ1n) is 10.8. The number of hydrogen-bond acceptors (Lipinski definition) is 5. The third-order valence-corrected chi connectivity index (χ3v) is 5.97. The van der Waals surface area contributed by atoms with Crippen LogP contribution in [0.15, 0.2) is 71.2 Å². The summed E-state index contributed by atoms with van der Waals surface area (Å²) in [5.74, 6) is -0.122. The molecule has 0 unspecified atom stereocenters. The summed E-state index contributed by atoms with van der Waals surface area (Å²) >= 11 is 3.43. The Labute approximate surface area is 208 Å². The van der Waals surface area contributed by atoms with Gasteiger partial charge in [-0.1, -0.05) is 57.9 Å². The first-order chi connectivity index (χ1) is 17.0. The van der Waals surface area contributed by atoms with Gasteiger partial charge in [0.15, 0.2) is 0 Å². The van der Waals surface area contributed by atoms with Gasteiger partial charge >= 0.3 is 0 Å². The number of anilines is 2. The average Bonchev–Trinajstić information content (AvgIpc) is 3.52. The fraction of sp³-hybridized carbons (Fsp3) is 0.0800. The number of rotatable bonds is 6. The number of aryl methyl sites for hydroxylation is 1. The van der Waals surface area contributed by atoms with Crippen molar-refractivity contribution in [1.29, 1.82) is 0 Å². The Morgan fingerprint density at radius 3 is 2.57 bits per heavy atom. The maximum Gasteiger partial charge on any atom is 0.272 e. The summed E-state index contributed by atoms with van der Waals surface area (Å²) in [6, 6.07) is 20.5. The van der Waals surface area contributed by atoms with Crippen molar-refractivity contribution in [3.63, 3.8) is 0 Å². The number of tetrazole rings is 1. The van der Waals surface area contributed by atoms with E-state index in [1.807, 2.05) is 49.4 Å². The Morgan fingerprint density at radius 1 is 0.971 bits per heavy atom. The molecule has 0 fully saturated rings. The third-order valence-electron chi connectivity index (χ3n) is 5.48. The minimum absolute atomic E-state index is 0.137. The van der Waals surface area contributed by atoms with Gasteiger partial charge < -0.3 is 15.6 Å². The van der Waals surface area contributed by atoms with E-state index in [9.17, 15) is 9.59 Å². The lowest BCUT2D eigenvalue weighted by Crippen LogP contribution is -2.15. The fourth-order valence-electron chi connectivity index (χ4n) is 3.74. The molecule has 0 aliphatic rings. The molecule has 2 aromatic heterocycles. The third kappa shape index (κ3) is 4.97. The van der Waals surface area contributed by atoms with E-state index in [2.05, 4.69) is 52.2 Å². The number of hydrogen-bond donors (Lipinski definition) is 4. The minimum Gasteiger partial charge on any atom is -0.349 e. The quantitative estimate of drug-likeness (QED) is 0.250. The summed E-state index contributed by atoms with van der Waals surface area (Å²) in [4.78, 5) is 28.9. The summed E-state index contributed by atoms with van der Waals surface area (Å²) in [6.45, 7) is 2.01. The Bertz CT molecular complexity index is 1530. The molecule has 0 aliphatic heterocycles. The van der Waals surface area contributed by atoms with Crippen LogP contribution in [0.4, 0.5) is 11.4 Å². The zero-order chi connectivity index (χ0) is 24.4. The number of carbonyl (C=O) groups excluding carboxylic acids is 2. The van der Waals surface area contributed by atoms with Gasteiger partial charge in [-0.3, -0.25) is 9.59 Å². The molecule has 35 heavy (non-hydrogen) atoms. The molecule has 2 amide bonds. The summed E-state index contributed by atoms with van der Waals surface area (Å²) in [5, 5.41) is 20.7. The SMILES string of the molecule is Cc1ccc(CC(=O)Nc2cccc3cc(C(=O)Nc4ccc(Br)cc4-c4nn[nH]n4)[nH]c23)cc1. The average molecular weight is 530 g/mol.